The van der Waals surface area contributed by atoms with Gasteiger partial charge in [-0.25, -0.2) is 0 Å². The summed E-state index contributed by atoms with van der Waals surface area (Å²) in [4.78, 5) is 0. The van der Waals surface area contributed by atoms with Crippen molar-refractivity contribution in [1.82, 2.24) is 21.3 Å². The van der Waals surface area contributed by atoms with Crippen LogP contribution in [0.1, 0.15) is 68.9 Å². The highest BCUT2D eigenvalue weighted by molar-refractivity contribution is 5.85. The minimum atomic E-state index is 0. The van der Waals surface area contributed by atoms with Gasteiger partial charge in [0, 0.05) is 13.1 Å². The van der Waals surface area contributed by atoms with Crippen LogP contribution in [0, 0.1) is 0 Å². The predicted molar refractivity (Wildman–Crippen MR) is 147 cm³/mol. The Morgan fingerprint density at radius 2 is 1.12 bits per heavy atom. The third-order valence-electron chi connectivity index (χ3n) is 6.07. The molecule has 1 saturated carbocycles. The molecule has 34 heavy (non-hydrogen) atoms. The van der Waals surface area contributed by atoms with Crippen LogP contribution in [-0.4, -0.2) is 58.5 Å². The smallest absolute Gasteiger partial charge is 0.120 e. The lowest BCUT2D eigenvalue weighted by atomic mass is 9.97. The summed E-state index contributed by atoms with van der Waals surface area (Å²) in [5, 5.41) is 14.1. The van der Waals surface area contributed by atoms with E-state index in [1.165, 1.54) is 43.2 Å². The van der Waals surface area contributed by atoms with E-state index in [2.05, 4.69) is 39.5 Å². The van der Waals surface area contributed by atoms with E-state index in [0.717, 1.165) is 96.9 Å². The first-order chi connectivity index (χ1) is 16.3. The second-order valence-corrected chi connectivity index (χ2v) is 9.21. The second kappa shape index (κ2) is 21.4. The van der Waals surface area contributed by atoms with Gasteiger partial charge in [0.1, 0.15) is 5.75 Å². The Hall–Kier alpha value is -0.930. The van der Waals surface area contributed by atoms with Gasteiger partial charge in [-0.2, -0.15) is 0 Å². The van der Waals surface area contributed by atoms with Gasteiger partial charge < -0.3 is 37.5 Å². The zero-order valence-corrected chi connectivity index (χ0v) is 22.0. The highest BCUT2D eigenvalue weighted by Crippen LogP contribution is 2.25. The van der Waals surface area contributed by atoms with Crippen LogP contribution in [0.5, 0.6) is 5.75 Å². The number of ether oxygens (including phenoxy) is 1. The average molecular weight is 499 g/mol. The fourth-order valence-electron chi connectivity index (χ4n) is 4.22. The molecule has 0 amide bonds. The summed E-state index contributed by atoms with van der Waals surface area (Å²) in [6.45, 7) is 9.38. The largest absolute Gasteiger partial charge is 0.490 e. The normalized spacial score (nSPS) is 14.2. The van der Waals surface area contributed by atoms with Gasteiger partial charge in [0.25, 0.3) is 0 Å². The van der Waals surface area contributed by atoms with Crippen molar-refractivity contribution >= 4 is 12.4 Å². The monoisotopic (exact) mass is 498 g/mol. The van der Waals surface area contributed by atoms with Crippen molar-refractivity contribution in [3.63, 3.8) is 0 Å². The quantitative estimate of drug-likeness (QED) is 0.153. The molecule has 0 atom stereocenters. The third kappa shape index (κ3) is 15.1. The molecule has 8 N–H and O–H groups in total. The molecule has 0 spiro atoms. The Kier molecular flexibility index (Phi) is 19.5. The van der Waals surface area contributed by atoms with Crippen LogP contribution in [0.4, 0.5) is 0 Å². The molecule has 198 valence electrons. The van der Waals surface area contributed by atoms with Gasteiger partial charge >= 0.3 is 0 Å². The zero-order valence-electron chi connectivity index (χ0n) is 21.2. The molecular formula is C26H51ClN6O. The van der Waals surface area contributed by atoms with Crippen molar-refractivity contribution in [3.05, 3.63) is 29.3 Å². The molecule has 0 bridgehead atoms. The molecule has 1 aliphatic carbocycles. The van der Waals surface area contributed by atoms with Gasteiger partial charge in [0.2, 0.25) is 0 Å². The maximum Gasteiger partial charge on any atom is 0.120 e. The fourth-order valence-corrected chi connectivity index (χ4v) is 4.22. The summed E-state index contributed by atoms with van der Waals surface area (Å²) >= 11 is 0. The Morgan fingerprint density at radius 3 is 1.62 bits per heavy atom. The molecule has 0 radical (unpaired) electrons. The number of hydrogen-bond acceptors (Lipinski definition) is 7. The first-order valence-corrected chi connectivity index (χ1v) is 13.3. The molecule has 0 saturated heterocycles. The molecule has 0 heterocycles. The van der Waals surface area contributed by atoms with E-state index in [0.29, 0.717) is 6.10 Å². The van der Waals surface area contributed by atoms with Crippen molar-refractivity contribution in [2.45, 2.75) is 77.0 Å². The Balaban J connectivity index is 0.00000578. The summed E-state index contributed by atoms with van der Waals surface area (Å²) in [5.74, 6) is 1.03. The van der Waals surface area contributed by atoms with Crippen LogP contribution in [0.15, 0.2) is 18.2 Å². The van der Waals surface area contributed by atoms with Crippen molar-refractivity contribution in [2.75, 3.05) is 52.4 Å². The van der Waals surface area contributed by atoms with Gasteiger partial charge in [0.05, 0.1) is 6.10 Å². The van der Waals surface area contributed by atoms with Gasteiger partial charge in [0.15, 0.2) is 0 Å². The lowest BCUT2D eigenvalue weighted by molar-refractivity contribution is 0.154. The first kappa shape index (κ1) is 31.1. The molecule has 2 rings (SSSR count). The summed E-state index contributed by atoms with van der Waals surface area (Å²) in [6.07, 6.45) is 11.0. The van der Waals surface area contributed by atoms with E-state index in [1.54, 1.807) is 0 Å². The minimum Gasteiger partial charge on any atom is -0.490 e. The number of halogens is 1. The summed E-state index contributed by atoms with van der Waals surface area (Å²) in [5.41, 5.74) is 13.7. The SMILES string of the molecule is Cl.NCCCNCCCNCc1cc(CNCCCNCCCN)cc(OC2CCCCC2)c1. The Morgan fingerprint density at radius 1 is 0.647 bits per heavy atom. The molecule has 8 heteroatoms. The summed E-state index contributed by atoms with van der Waals surface area (Å²) in [6, 6.07) is 6.77. The highest BCUT2D eigenvalue weighted by atomic mass is 35.5. The maximum atomic E-state index is 6.41. The van der Waals surface area contributed by atoms with E-state index >= 15 is 0 Å². The predicted octanol–water partition coefficient (Wildman–Crippen LogP) is 2.66. The van der Waals surface area contributed by atoms with Crippen molar-refractivity contribution in [3.8, 4) is 5.75 Å². The molecular weight excluding hydrogens is 448 g/mol. The third-order valence-corrected chi connectivity index (χ3v) is 6.07. The Labute approximate surface area is 214 Å². The van der Waals surface area contributed by atoms with Gasteiger partial charge in [-0.1, -0.05) is 12.5 Å². The number of hydrogen-bond donors (Lipinski definition) is 6. The van der Waals surface area contributed by atoms with E-state index in [-0.39, 0.29) is 12.4 Å². The number of rotatable bonds is 20. The number of nitrogens with two attached hydrogens (primary N) is 2. The highest BCUT2D eigenvalue weighted by Gasteiger charge is 2.15. The lowest BCUT2D eigenvalue weighted by Crippen LogP contribution is -2.24. The summed E-state index contributed by atoms with van der Waals surface area (Å²) < 4.78 is 6.41. The van der Waals surface area contributed by atoms with Crippen LogP contribution < -0.4 is 37.5 Å². The van der Waals surface area contributed by atoms with Crippen LogP contribution in [0.25, 0.3) is 0 Å². The van der Waals surface area contributed by atoms with Crippen molar-refractivity contribution in [1.29, 1.82) is 0 Å². The van der Waals surface area contributed by atoms with E-state index in [9.17, 15) is 0 Å². The molecule has 1 aromatic rings. The van der Waals surface area contributed by atoms with E-state index in [4.69, 9.17) is 16.2 Å². The maximum absolute atomic E-state index is 6.41. The molecule has 1 fully saturated rings. The molecule has 1 aliphatic rings. The fraction of sp³-hybridized carbons (Fsp3) is 0.769. The molecule has 0 aliphatic heterocycles. The Bertz CT molecular complexity index is 562. The minimum absolute atomic E-state index is 0. The number of benzene rings is 1. The van der Waals surface area contributed by atoms with Crippen LogP contribution in [0.3, 0.4) is 0 Å². The molecule has 7 nitrogen and oxygen atoms in total. The number of nitrogens with one attached hydrogen (secondary N) is 4. The van der Waals surface area contributed by atoms with Crippen molar-refractivity contribution < 1.29 is 4.74 Å². The van der Waals surface area contributed by atoms with Crippen LogP contribution in [-0.2, 0) is 13.1 Å². The van der Waals surface area contributed by atoms with Crippen LogP contribution in [0.2, 0.25) is 0 Å². The van der Waals surface area contributed by atoms with E-state index < -0.39 is 0 Å². The standard InChI is InChI=1S/C26H50N6O.ClH/c27-10-4-12-29-14-6-16-31-21-23-18-24(22-32-17-7-15-30-13-5-11-28)20-26(19-23)33-25-8-2-1-3-9-25;/h18-20,25,29-32H,1-17,21-22,27-28H2;1H. The average Bonchev–Trinajstić information content (AvgIpc) is 2.83. The molecule has 0 unspecified atom stereocenters. The van der Waals surface area contributed by atoms with Gasteiger partial charge in [-0.05, 0) is 127 Å². The summed E-state index contributed by atoms with van der Waals surface area (Å²) in [7, 11) is 0. The topological polar surface area (TPSA) is 109 Å². The van der Waals surface area contributed by atoms with Crippen molar-refractivity contribution in [2.24, 2.45) is 11.5 Å². The first-order valence-electron chi connectivity index (χ1n) is 13.3. The second-order valence-electron chi connectivity index (χ2n) is 9.21. The van der Waals surface area contributed by atoms with Gasteiger partial charge in [-0.15, -0.1) is 12.4 Å². The van der Waals surface area contributed by atoms with Crippen LogP contribution >= 0.6 is 12.4 Å². The van der Waals surface area contributed by atoms with E-state index in [1.807, 2.05) is 0 Å². The lowest BCUT2D eigenvalue weighted by Gasteiger charge is -2.24. The van der Waals surface area contributed by atoms with Gasteiger partial charge in [-0.3, -0.25) is 0 Å². The molecule has 1 aromatic carbocycles. The molecule has 0 aromatic heterocycles. The zero-order chi connectivity index (χ0) is 23.4.